The lowest BCUT2D eigenvalue weighted by atomic mass is 10.2. The molecule has 0 unspecified atom stereocenters. The molecule has 1 heterocycles. The van der Waals surface area contributed by atoms with E-state index in [2.05, 4.69) is 34.1 Å². The van der Waals surface area contributed by atoms with Crippen LogP contribution in [-0.4, -0.2) is 23.6 Å². The van der Waals surface area contributed by atoms with Crippen molar-refractivity contribution < 1.29 is 0 Å². The first-order valence-electron chi connectivity index (χ1n) is 5.05. The van der Waals surface area contributed by atoms with Gasteiger partial charge in [-0.2, -0.15) is 0 Å². The van der Waals surface area contributed by atoms with E-state index < -0.39 is 0 Å². The zero-order valence-corrected chi connectivity index (χ0v) is 9.78. The highest BCUT2D eigenvalue weighted by Crippen LogP contribution is 2.20. The van der Waals surface area contributed by atoms with Crippen molar-refractivity contribution in [3.63, 3.8) is 0 Å². The average Bonchev–Trinajstić information content (AvgIpc) is 2.17. The number of hydrogen-bond donors (Lipinski definition) is 2. The van der Waals surface area contributed by atoms with Crippen LogP contribution in [0.5, 0.6) is 0 Å². The zero-order valence-electron chi connectivity index (χ0n) is 9.78. The second-order valence-corrected chi connectivity index (χ2v) is 4.09. The summed E-state index contributed by atoms with van der Waals surface area (Å²) in [6, 6.07) is 0. The molecule has 0 bridgehead atoms. The number of nitrogens with one attached hydrogen (secondary N) is 1. The molecule has 0 aliphatic rings. The van der Waals surface area contributed by atoms with Crippen LogP contribution in [0.4, 0.5) is 11.6 Å². The van der Waals surface area contributed by atoms with Gasteiger partial charge in [0.05, 0.1) is 0 Å². The van der Waals surface area contributed by atoms with E-state index in [1.54, 1.807) is 0 Å². The van der Waals surface area contributed by atoms with Crippen molar-refractivity contribution in [3.05, 3.63) is 11.9 Å². The van der Waals surface area contributed by atoms with E-state index in [0.717, 1.165) is 17.9 Å². The maximum atomic E-state index is 5.36. The summed E-state index contributed by atoms with van der Waals surface area (Å²) in [6.07, 6.45) is 1.52. The first-order chi connectivity index (χ1) is 7.06. The number of hydrogen-bond acceptors (Lipinski definition) is 5. The number of nitrogens with two attached hydrogens (primary N) is 1. The summed E-state index contributed by atoms with van der Waals surface area (Å²) < 4.78 is 0. The molecule has 3 N–H and O–H groups in total. The van der Waals surface area contributed by atoms with Crippen LogP contribution in [0.15, 0.2) is 6.33 Å². The molecule has 15 heavy (non-hydrogen) atoms. The third kappa shape index (κ3) is 2.79. The Morgan fingerprint density at radius 3 is 2.67 bits per heavy atom. The fraction of sp³-hybridized carbons (Fsp3) is 0.600. The SMILES string of the molecule is Cc1c(NN)ncnc1N(C)CC(C)C. The molecule has 5 nitrogen and oxygen atoms in total. The first-order valence-corrected chi connectivity index (χ1v) is 5.05. The smallest absolute Gasteiger partial charge is 0.148 e. The Labute approximate surface area is 90.7 Å². The quantitative estimate of drug-likeness (QED) is 0.575. The van der Waals surface area contributed by atoms with E-state index in [4.69, 9.17) is 5.84 Å². The van der Waals surface area contributed by atoms with Gasteiger partial charge < -0.3 is 10.3 Å². The lowest BCUT2D eigenvalue weighted by Gasteiger charge is -2.22. The van der Waals surface area contributed by atoms with E-state index in [-0.39, 0.29) is 0 Å². The van der Waals surface area contributed by atoms with Gasteiger partial charge in [-0.3, -0.25) is 0 Å². The highest BCUT2D eigenvalue weighted by Gasteiger charge is 2.10. The highest BCUT2D eigenvalue weighted by molar-refractivity contribution is 5.56. The fourth-order valence-corrected chi connectivity index (χ4v) is 1.61. The van der Waals surface area contributed by atoms with Crippen molar-refractivity contribution in [3.8, 4) is 0 Å². The molecule has 0 radical (unpaired) electrons. The lowest BCUT2D eigenvalue weighted by molar-refractivity contribution is 0.633. The molecule has 1 aromatic heterocycles. The van der Waals surface area contributed by atoms with Crippen LogP contribution in [0.1, 0.15) is 19.4 Å². The standard InChI is InChI=1S/C10H19N5/c1-7(2)5-15(4)10-8(3)9(14-11)12-6-13-10/h6-7H,5,11H2,1-4H3,(H,12,13,14). The van der Waals surface area contributed by atoms with Crippen LogP contribution in [0, 0.1) is 12.8 Å². The van der Waals surface area contributed by atoms with Crippen molar-refractivity contribution in [1.82, 2.24) is 9.97 Å². The molecule has 84 valence electrons. The monoisotopic (exact) mass is 209 g/mol. The Hall–Kier alpha value is -1.36. The van der Waals surface area contributed by atoms with Gasteiger partial charge in [-0.05, 0) is 12.8 Å². The summed E-state index contributed by atoms with van der Waals surface area (Å²) in [5.41, 5.74) is 3.54. The van der Waals surface area contributed by atoms with Gasteiger partial charge in [-0.15, -0.1) is 0 Å². The molecule has 1 rings (SSSR count). The van der Waals surface area contributed by atoms with Crippen LogP contribution >= 0.6 is 0 Å². The van der Waals surface area contributed by atoms with Crippen LogP contribution in [-0.2, 0) is 0 Å². The van der Waals surface area contributed by atoms with Gasteiger partial charge >= 0.3 is 0 Å². The van der Waals surface area contributed by atoms with Gasteiger partial charge in [-0.25, -0.2) is 15.8 Å². The maximum absolute atomic E-state index is 5.36. The van der Waals surface area contributed by atoms with E-state index in [1.807, 2.05) is 14.0 Å². The molecule has 5 heteroatoms. The largest absolute Gasteiger partial charge is 0.359 e. The minimum Gasteiger partial charge on any atom is -0.359 e. The molecular weight excluding hydrogens is 190 g/mol. The van der Waals surface area contributed by atoms with Gasteiger partial charge in [0.1, 0.15) is 18.0 Å². The normalized spacial score (nSPS) is 10.5. The molecule has 0 aliphatic heterocycles. The van der Waals surface area contributed by atoms with Gasteiger partial charge in [0.15, 0.2) is 0 Å². The van der Waals surface area contributed by atoms with Crippen LogP contribution in [0.2, 0.25) is 0 Å². The molecule has 0 aliphatic carbocycles. The highest BCUT2D eigenvalue weighted by atomic mass is 15.3. The third-order valence-electron chi connectivity index (χ3n) is 2.19. The summed E-state index contributed by atoms with van der Waals surface area (Å²) in [6.45, 7) is 7.27. The summed E-state index contributed by atoms with van der Waals surface area (Å²) in [4.78, 5) is 10.4. The van der Waals surface area contributed by atoms with Crippen molar-refractivity contribution >= 4 is 11.6 Å². The zero-order chi connectivity index (χ0) is 11.4. The topological polar surface area (TPSA) is 67.1 Å². The molecule has 0 fully saturated rings. The van der Waals surface area contributed by atoms with Crippen molar-refractivity contribution in [2.75, 3.05) is 23.9 Å². The Balaban J connectivity index is 2.93. The van der Waals surface area contributed by atoms with Crippen LogP contribution < -0.4 is 16.2 Å². The fourth-order valence-electron chi connectivity index (χ4n) is 1.61. The molecule has 0 spiro atoms. The molecule has 0 atom stereocenters. The average molecular weight is 209 g/mol. The van der Waals surface area contributed by atoms with E-state index in [9.17, 15) is 0 Å². The predicted octanol–water partition coefficient (Wildman–Crippen LogP) is 1.16. The van der Waals surface area contributed by atoms with Crippen LogP contribution in [0.3, 0.4) is 0 Å². The minimum absolute atomic E-state index is 0.596. The van der Waals surface area contributed by atoms with E-state index >= 15 is 0 Å². The molecule has 0 aromatic carbocycles. The molecule has 0 amide bonds. The summed E-state index contributed by atoms with van der Waals surface area (Å²) >= 11 is 0. The van der Waals surface area contributed by atoms with Gasteiger partial charge in [0.2, 0.25) is 0 Å². The van der Waals surface area contributed by atoms with E-state index in [0.29, 0.717) is 11.7 Å². The summed E-state index contributed by atoms with van der Waals surface area (Å²) in [7, 11) is 2.02. The number of anilines is 2. The van der Waals surface area contributed by atoms with Crippen molar-refractivity contribution in [2.45, 2.75) is 20.8 Å². The minimum atomic E-state index is 0.596. The predicted molar refractivity (Wildman–Crippen MR) is 62.7 cm³/mol. The second kappa shape index (κ2) is 4.93. The maximum Gasteiger partial charge on any atom is 0.148 e. The van der Waals surface area contributed by atoms with Crippen molar-refractivity contribution in [1.29, 1.82) is 0 Å². The molecule has 0 saturated carbocycles. The molecule has 1 aromatic rings. The summed E-state index contributed by atoms with van der Waals surface area (Å²) in [5.74, 6) is 7.56. The Bertz CT molecular complexity index is 324. The third-order valence-corrected chi connectivity index (χ3v) is 2.19. The Morgan fingerprint density at radius 2 is 2.13 bits per heavy atom. The van der Waals surface area contributed by atoms with Gasteiger partial charge in [0, 0.05) is 19.2 Å². The molecule has 0 saturated heterocycles. The lowest BCUT2D eigenvalue weighted by Crippen LogP contribution is -2.25. The second-order valence-electron chi connectivity index (χ2n) is 4.09. The Morgan fingerprint density at radius 1 is 1.47 bits per heavy atom. The number of rotatable bonds is 4. The van der Waals surface area contributed by atoms with Gasteiger partial charge in [-0.1, -0.05) is 13.8 Å². The number of aromatic nitrogens is 2. The Kier molecular flexibility index (Phi) is 3.85. The van der Waals surface area contributed by atoms with Gasteiger partial charge in [0.25, 0.3) is 0 Å². The number of hydrazine groups is 1. The summed E-state index contributed by atoms with van der Waals surface area (Å²) in [5, 5.41) is 0. The van der Waals surface area contributed by atoms with Crippen LogP contribution in [0.25, 0.3) is 0 Å². The molecular formula is C10H19N5. The van der Waals surface area contributed by atoms with E-state index in [1.165, 1.54) is 6.33 Å². The number of nitrogens with zero attached hydrogens (tertiary/aromatic N) is 3. The van der Waals surface area contributed by atoms with Crippen molar-refractivity contribution in [2.24, 2.45) is 11.8 Å². The first kappa shape index (κ1) is 11.7. The number of nitrogen functional groups attached to an aromatic ring is 1.